The van der Waals surface area contributed by atoms with E-state index in [2.05, 4.69) is 15.3 Å². The Kier molecular flexibility index (Phi) is 4.77. The summed E-state index contributed by atoms with van der Waals surface area (Å²) in [7, 11) is 0. The van der Waals surface area contributed by atoms with E-state index in [-0.39, 0.29) is 12.0 Å². The van der Waals surface area contributed by atoms with Crippen LogP contribution >= 0.6 is 0 Å². The van der Waals surface area contributed by atoms with E-state index in [0.29, 0.717) is 0 Å². The molecular formula is C15H16F3N3. The molecule has 0 aliphatic rings. The molecule has 1 aromatic carbocycles. The summed E-state index contributed by atoms with van der Waals surface area (Å²) in [6.07, 6.45) is -1.72. The Morgan fingerprint density at radius 1 is 1.14 bits per heavy atom. The fourth-order valence-corrected chi connectivity index (χ4v) is 1.91. The third-order valence-electron chi connectivity index (χ3n) is 3.03. The Morgan fingerprint density at radius 3 is 2.52 bits per heavy atom. The van der Waals surface area contributed by atoms with Gasteiger partial charge in [-0.2, -0.15) is 13.2 Å². The van der Waals surface area contributed by atoms with Gasteiger partial charge in [-0.15, -0.1) is 0 Å². The highest BCUT2D eigenvalue weighted by Crippen LogP contribution is 2.27. The normalized spacial score (nSPS) is 13.0. The molecule has 0 aliphatic carbocycles. The maximum Gasteiger partial charge on any atom is 0.433 e. The van der Waals surface area contributed by atoms with Crippen molar-refractivity contribution in [3.63, 3.8) is 0 Å². The Bertz CT molecular complexity index is 570. The molecule has 2 rings (SSSR count). The number of hydrogen-bond donors (Lipinski definition) is 1. The van der Waals surface area contributed by atoms with Crippen molar-refractivity contribution in [3.05, 3.63) is 53.9 Å². The number of aromatic nitrogens is 2. The SMILES string of the molecule is CC(CCc1ccccc1)Nc1nccc(C(F)(F)F)n1. The molecule has 0 saturated heterocycles. The smallest absolute Gasteiger partial charge is 0.352 e. The van der Waals surface area contributed by atoms with E-state index in [4.69, 9.17) is 0 Å². The number of nitrogens with one attached hydrogen (secondary N) is 1. The molecule has 1 atom stereocenters. The van der Waals surface area contributed by atoms with Gasteiger partial charge in [-0.3, -0.25) is 0 Å². The zero-order valence-electron chi connectivity index (χ0n) is 11.6. The molecule has 21 heavy (non-hydrogen) atoms. The number of rotatable bonds is 5. The van der Waals surface area contributed by atoms with E-state index in [1.165, 1.54) is 5.56 Å². The van der Waals surface area contributed by atoms with Crippen molar-refractivity contribution in [2.24, 2.45) is 0 Å². The predicted octanol–water partition coefficient (Wildman–Crippen LogP) is 3.93. The van der Waals surface area contributed by atoms with Gasteiger partial charge in [0.05, 0.1) is 0 Å². The first kappa shape index (κ1) is 15.3. The minimum atomic E-state index is -4.45. The Labute approximate surface area is 121 Å². The maximum absolute atomic E-state index is 12.6. The van der Waals surface area contributed by atoms with Crippen molar-refractivity contribution in [2.75, 3.05) is 5.32 Å². The van der Waals surface area contributed by atoms with Gasteiger partial charge in [-0.05, 0) is 31.4 Å². The lowest BCUT2D eigenvalue weighted by Crippen LogP contribution is -2.19. The minimum Gasteiger partial charge on any atom is -0.352 e. The van der Waals surface area contributed by atoms with Gasteiger partial charge in [-0.1, -0.05) is 30.3 Å². The van der Waals surface area contributed by atoms with Crippen LogP contribution in [0.4, 0.5) is 19.1 Å². The molecule has 0 radical (unpaired) electrons. The van der Waals surface area contributed by atoms with E-state index in [1.54, 1.807) is 0 Å². The zero-order valence-corrected chi connectivity index (χ0v) is 11.6. The Hall–Kier alpha value is -2.11. The first-order valence-electron chi connectivity index (χ1n) is 6.66. The summed E-state index contributed by atoms with van der Waals surface area (Å²) in [5.74, 6) is 0.00499. The van der Waals surface area contributed by atoms with Gasteiger partial charge in [-0.25, -0.2) is 9.97 Å². The van der Waals surface area contributed by atoms with Crippen LogP contribution in [0.2, 0.25) is 0 Å². The summed E-state index contributed by atoms with van der Waals surface area (Å²) in [5.41, 5.74) is 0.256. The average molecular weight is 295 g/mol. The van der Waals surface area contributed by atoms with E-state index in [1.807, 2.05) is 37.3 Å². The topological polar surface area (TPSA) is 37.8 Å². The average Bonchev–Trinajstić information content (AvgIpc) is 2.46. The van der Waals surface area contributed by atoms with Crippen molar-refractivity contribution in [2.45, 2.75) is 32.0 Å². The summed E-state index contributed by atoms with van der Waals surface area (Å²) in [6, 6.07) is 10.8. The van der Waals surface area contributed by atoms with E-state index in [9.17, 15) is 13.2 Å². The van der Waals surface area contributed by atoms with E-state index < -0.39 is 11.9 Å². The maximum atomic E-state index is 12.6. The number of aryl methyl sites for hydroxylation is 1. The largest absolute Gasteiger partial charge is 0.433 e. The van der Waals surface area contributed by atoms with Crippen LogP contribution in [0, 0.1) is 0 Å². The Balaban J connectivity index is 1.92. The van der Waals surface area contributed by atoms with Crippen LogP contribution in [0.1, 0.15) is 24.6 Å². The first-order valence-corrected chi connectivity index (χ1v) is 6.66. The monoisotopic (exact) mass is 295 g/mol. The van der Waals surface area contributed by atoms with Crippen LogP contribution in [0.3, 0.4) is 0 Å². The molecule has 0 fully saturated rings. The molecule has 6 heteroatoms. The summed E-state index contributed by atoms with van der Waals surface area (Å²) >= 11 is 0. The summed E-state index contributed by atoms with van der Waals surface area (Å²) in [5, 5.41) is 2.90. The second-order valence-corrected chi connectivity index (χ2v) is 4.83. The minimum absolute atomic E-state index is 0.00499. The second kappa shape index (κ2) is 6.56. The number of hydrogen-bond acceptors (Lipinski definition) is 3. The van der Waals surface area contributed by atoms with Crippen LogP contribution in [0.15, 0.2) is 42.6 Å². The summed E-state index contributed by atoms with van der Waals surface area (Å²) in [4.78, 5) is 7.32. The third-order valence-corrected chi connectivity index (χ3v) is 3.03. The lowest BCUT2D eigenvalue weighted by Gasteiger charge is -2.14. The quantitative estimate of drug-likeness (QED) is 0.908. The van der Waals surface area contributed by atoms with Gasteiger partial charge in [0, 0.05) is 12.2 Å². The van der Waals surface area contributed by atoms with Crippen LogP contribution in [0.25, 0.3) is 0 Å². The standard InChI is InChI=1S/C15H16F3N3/c1-11(7-8-12-5-3-2-4-6-12)20-14-19-10-9-13(21-14)15(16,17)18/h2-6,9-11H,7-8H2,1H3,(H,19,20,21). The predicted molar refractivity (Wildman–Crippen MR) is 74.9 cm³/mol. The molecule has 0 aliphatic heterocycles. The van der Waals surface area contributed by atoms with E-state index in [0.717, 1.165) is 25.1 Å². The Morgan fingerprint density at radius 2 is 1.86 bits per heavy atom. The van der Waals surface area contributed by atoms with Crippen LogP contribution in [0.5, 0.6) is 0 Å². The third kappa shape index (κ3) is 4.73. The van der Waals surface area contributed by atoms with Crippen molar-refractivity contribution in [1.29, 1.82) is 0 Å². The van der Waals surface area contributed by atoms with Gasteiger partial charge in [0.1, 0.15) is 5.69 Å². The zero-order chi connectivity index (χ0) is 15.3. The molecule has 112 valence electrons. The molecule has 0 amide bonds. The molecule has 2 aromatic rings. The summed E-state index contributed by atoms with van der Waals surface area (Å²) in [6.45, 7) is 1.90. The number of anilines is 1. The molecule has 1 N–H and O–H groups in total. The number of alkyl halides is 3. The van der Waals surface area contributed by atoms with Crippen LogP contribution < -0.4 is 5.32 Å². The molecule has 3 nitrogen and oxygen atoms in total. The molecule has 0 bridgehead atoms. The molecular weight excluding hydrogens is 279 g/mol. The van der Waals surface area contributed by atoms with Gasteiger partial charge in [0.25, 0.3) is 0 Å². The molecule has 1 heterocycles. The van der Waals surface area contributed by atoms with Crippen molar-refractivity contribution in [1.82, 2.24) is 9.97 Å². The fourth-order valence-electron chi connectivity index (χ4n) is 1.91. The van der Waals surface area contributed by atoms with E-state index >= 15 is 0 Å². The fraction of sp³-hybridized carbons (Fsp3) is 0.333. The van der Waals surface area contributed by atoms with Gasteiger partial charge in [0.15, 0.2) is 0 Å². The number of benzene rings is 1. The summed E-state index contributed by atoms with van der Waals surface area (Å²) < 4.78 is 37.7. The molecule has 1 unspecified atom stereocenters. The molecule has 0 saturated carbocycles. The molecule has 0 spiro atoms. The van der Waals surface area contributed by atoms with Gasteiger partial charge < -0.3 is 5.32 Å². The van der Waals surface area contributed by atoms with Crippen LogP contribution in [-0.2, 0) is 12.6 Å². The lowest BCUT2D eigenvalue weighted by atomic mass is 10.1. The van der Waals surface area contributed by atoms with Crippen molar-refractivity contribution >= 4 is 5.95 Å². The molecule has 1 aromatic heterocycles. The highest BCUT2D eigenvalue weighted by Gasteiger charge is 2.32. The van der Waals surface area contributed by atoms with Crippen molar-refractivity contribution < 1.29 is 13.2 Å². The number of nitrogens with zero attached hydrogens (tertiary/aromatic N) is 2. The highest BCUT2D eigenvalue weighted by atomic mass is 19.4. The van der Waals surface area contributed by atoms with Crippen molar-refractivity contribution in [3.8, 4) is 0 Å². The van der Waals surface area contributed by atoms with Gasteiger partial charge >= 0.3 is 6.18 Å². The van der Waals surface area contributed by atoms with Crippen LogP contribution in [-0.4, -0.2) is 16.0 Å². The lowest BCUT2D eigenvalue weighted by molar-refractivity contribution is -0.141. The highest BCUT2D eigenvalue weighted by molar-refractivity contribution is 5.27. The van der Waals surface area contributed by atoms with Gasteiger partial charge in [0.2, 0.25) is 5.95 Å². The second-order valence-electron chi connectivity index (χ2n) is 4.83. The first-order chi connectivity index (χ1) is 9.95. The number of halogens is 3.